The molecule has 0 aromatic carbocycles. The van der Waals surface area contributed by atoms with Crippen LogP contribution in [0, 0.1) is 26.7 Å². The molecule has 1 aliphatic rings. The van der Waals surface area contributed by atoms with E-state index in [-0.39, 0.29) is 11.8 Å². The van der Waals surface area contributed by atoms with E-state index in [1.54, 1.807) is 4.68 Å². The van der Waals surface area contributed by atoms with Crippen LogP contribution in [-0.4, -0.2) is 30.8 Å². The Morgan fingerprint density at radius 3 is 2.60 bits per heavy atom. The van der Waals surface area contributed by atoms with Crippen molar-refractivity contribution < 1.29 is 9.90 Å². The van der Waals surface area contributed by atoms with E-state index in [0.717, 1.165) is 17.1 Å². The lowest BCUT2D eigenvalue weighted by Gasteiger charge is -2.07. The lowest BCUT2D eigenvalue weighted by Crippen LogP contribution is -2.05. The van der Waals surface area contributed by atoms with E-state index in [1.165, 1.54) is 0 Å². The molecule has 1 N–H and O–H groups in total. The van der Waals surface area contributed by atoms with Gasteiger partial charge in [0.15, 0.2) is 5.82 Å². The number of nitrogens with zero attached hydrogens (tertiary/aromatic N) is 4. The minimum absolute atomic E-state index is 0.0953. The van der Waals surface area contributed by atoms with Crippen LogP contribution >= 0.6 is 0 Å². The summed E-state index contributed by atoms with van der Waals surface area (Å²) in [6, 6.07) is 3.87. The smallest absolute Gasteiger partial charge is 0.307 e. The Balaban J connectivity index is 2.00. The molecule has 3 rings (SSSR count). The molecule has 1 aliphatic carbocycles. The summed E-state index contributed by atoms with van der Waals surface area (Å²) in [6.07, 6.45) is 0.702. The van der Waals surface area contributed by atoms with Gasteiger partial charge in [0.1, 0.15) is 11.6 Å². The van der Waals surface area contributed by atoms with Crippen molar-refractivity contribution in [1.29, 1.82) is 0 Å². The van der Waals surface area contributed by atoms with E-state index in [2.05, 4.69) is 15.1 Å². The van der Waals surface area contributed by atoms with Crippen LogP contribution in [0.4, 0.5) is 0 Å². The molecule has 2 unspecified atom stereocenters. The molecule has 20 heavy (non-hydrogen) atoms. The van der Waals surface area contributed by atoms with Gasteiger partial charge in [-0.2, -0.15) is 4.68 Å². The van der Waals surface area contributed by atoms with Gasteiger partial charge in [0.05, 0.1) is 5.92 Å². The number of carboxylic acids is 1. The Morgan fingerprint density at radius 2 is 2.05 bits per heavy atom. The van der Waals surface area contributed by atoms with E-state index in [0.29, 0.717) is 18.1 Å². The Labute approximate surface area is 116 Å². The Hall–Kier alpha value is -2.24. The summed E-state index contributed by atoms with van der Waals surface area (Å²) < 4.78 is 1.70. The van der Waals surface area contributed by atoms with Crippen LogP contribution in [0.15, 0.2) is 12.1 Å². The zero-order chi connectivity index (χ0) is 14.4. The minimum atomic E-state index is -0.723. The van der Waals surface area contributed by atoms with Crippen molar-refractivity contribution in [3.8, 4) is 5.82 Å². The van der Waals surface area contributed by atoms with Gasteiger partial charge >= 0.3 is 5.97 Å². The van der Waals surface area contributed by atoms with Gasteiger partial charge in [-0.1, -0.05) is 0 Å². The SMILES string of the molecule is Cc1cc(C2CC2C(=O)O)cc(-n2nc(C)nc2C)n1. The number of aromatic nitrogens is 4. The Kier molecular flexibility index (Phi) is 2.81. The summed E-state index contributed by atoms with van der Waals surface area (Å²) >= 11 is 0. The first kappa shape index (κ1) is 12.8. The summed E-state index contributed by atoms with van der Waals surface area (Å²) in [6.45, 7) is 5.62. The third-order valence-corrected chi connectivity index (χ3v) is 3.59. The fraction of sp³-hybridized carbons (Fsp3) is 0.429. The number of carboxylic acid groups (broad SMARTS) is 1. The molecule has 0 amide bonds. The third kappa shape index (κ3) is 2.17. The molecule has 6 heteroatoms. The van der Waals surface area contributed by atoms with E-state index in [9.17, 15) is 4.79 Å². The van der Waals surface area contributed by atoms with Gasteiger partial charge in [0.25, 0.3) is 0 Å². The van der Waals surface area contributed by atoms with Gasteiger partial charge in [-0.05, 0) is 50.8 Å². The average Bonchev–Trinajstić information content (AvgIpc) is 3.09. The fourth-order valence-electron chi connectivity index (χ4n) is 2.57. The van der Waals surface area contributed by atoms with E-state index in [1.807, 2.05) is 32.9 Å². The number of aliphatic carboxylic acids is 1. The van der Waals surface area contributed by atoms with Gasteiger partial charge in [0, 0.05) is 5.69 Å². The third-order valence-electron chi connectivity index (χ3n) is 3.59. The van der Waals surface area contributed by atoms with E-state index >= 15 is 0 Å². The summed E-state index contributed by atoms with van der Waals surface area (Å²) in [7, 11) is 0. The highest BCUT2D eigenvalue weighted by Gasteiger charge is 2.44. The normalized spacial score (nSPS) is 20.9. The summed E-state index contributed by atoms with van der Waals surface area (Å²) in [4.78, 5) is 19.7. The van der Waals surface area contributed by atoms with Crippen molar-refractivity contribution in [2.75, 3.05) is 0 Å². The number of aryl methyl sites for hydroxylation is 3. The number of rotatable bonds is 3. The molecular weight excluding hydrogens is 256 g/mol. The maximum atomic E-state index is 11.0. The van der Waals surface area contributed by atoms with Crippen molar-refractivity contribution in [3.63, 3.8) is 0 Å². The lowest BCUT2D eigenvalue weighted by atomic mass is 10.1. The first-order chi connectivity index (χ1) is 9.45. The maximum absolute atomic E-state index is 11.0. The van der Waals surface area contributed by atoms with Crippen molar-refractivity contribution in [1.82, 2.24) is 19.7 Å². The van der Waals surface area contributed by atoms with E-state index in [4.69, 9.17) is 5.11 Å². The second kappa shape index (κ2) is 4.40. The van der Waals surface area contributed by atoms with Crippen LogP contribution in [0.5, 0.6) is 0 Å². The van der Waals surface area contributed by atoms with E-state index < -0.39 is 5.97 Å². The van der Waals surface area contributed by atoms with Gasteiger partial charge < -0.3 is 5.11 Å². The minimum Gasteiger partial charge on any atom is -0.481 e. The van der Waals surface area contributed by atoms with Crippen molar-refractivity contribution in [2.24, 2.45) is 5.92 Å². The largest absolute Gasteiger partial charge is 0.481 e. The highest BCUT2D eigenvalue weighted by molar-refractivity contribution is 5.75. The molecule has 1 saturated carbocycles. The maximum Gasteiger partial charge on any atom is 0.307 e. The van der Waals surface area contributed by atoms with Gasteiger partial charge in [-0.15, -0.1) is 5.10 Å². The molecule has 1 fully saturated rings. The Morgan fingerprint density at radius 1 is 1.30 bits per heavy atom. The predicted molar refractivity (Wildman–Crippen MR) is 71.8 cm³/mol. The first-order valence-corrected chi connectivity index (χ1v) is 6.57. The number of hydrogen-bond acceptors (Lipinski definition) is 4. The van der Waals surface area contributed by atoms with Crippen molar-refractivity contribution in [3.05, 3.63) is 35.0 Å². The summed E-state index contributed by atoms with van der Waals surface area (Å²) in [5.41, 5.74) is 1.88. The van der Waals surface area contributed by atoms with Crippen LogP contribution < -0.4 is 0 Å². The molecule has 6 nitrogen and oxygen atoms in total. The zero-order valence-corrected chi connectivity index (χ0v) is 11.7. The van der Waals surface area contributed by atoms with Crippen molar-refractivity contribution >= 4 is 5.97 Å². The monoisotopic (exact) mass is 272 g/mol. The number of carbonyl (C=O) groups is 1. The highest BCUT2D eigenvalue weighted by atomic mass is 16.4. The molecule has 104 valence electrons. The summed E-state index contributed by atoms with van der Waals surface area (Å²) in [5.74, 6) is 1.29. The fourth-order valence-corrected chi connectivity index (χ4v) is 2.57. The molecule has 0 radical (unpaired) electrons. The second-order valence-corrected chi connectivity index (χ2v) is 5.31. The van der Waals surface area contributed by atoms with Gasteiger partial charge in [0.2, 0.25) is 0 Å². The quantitative estimate of drug-likeness (QED) is 0.921. The molecular formula is C14H16N4O2. The average molecular weight is 272 g/mol. The molecule has 0 aliphatic heterocycles. The van der Waals surface area contributed by atoms with Crippen LogP contribution in [0.3, 0.4) is 0 Å². The van der Waals surface area contributed by atoms with Gasteiger partial charge in [-0.3, -0.25) is 4.79 Å². The topological polar surface area (TPSA) is 80.9 Å². The first-order valence-electron chi connectivity index (χ1n) is 6.57. The molecule has 0 saturated heterocycles. The van der Waals surface area contributed by atoms with Crippen LogP contribution in [0.25, 0.3) is 5.82 Å². The molecule has 0 bridgehead atoms. The molecule has 2 atom stereocenters. The molecule has 2 aromatic rings. The van der Waals surface area contributed by atoms with Crippen LogP contribution in [0.1, 0.15) is 35.2 Å². The highest BCUT2D eigenvalue weighted by Crippen LogP contribution is 2.47. The lowest BCUT2D eigenvalue weighted by molar-refractivity contribution is -0.138. The number of hydrogen-bond donors (Lipinski definition) is 1. The molecule has 0 spiro atoms. The van der Waals surface area contributed by atoms with Crippen molar-refractivity contribution in [2.45, 2.75) is 33.1 Å². The standard InChI is InChI=1S/C14H16N4O2/c1-7-4-10(11-6-12(11)14(19)20)5-13(15-7)18-9(3)16-8(2)17-18/h4-5,11-12H,6H2,1-3H3,(H,19,20). The van der Waals surface area contributed by atoms with Crippen LogP contribution in [0.2, 0.25) is 0 Å². The van der Waals surface area contributed by atoms with Gasteiger partial charge in [-0.25, -0.2) is 9.97 Å². The predicted octanol–water partition coefficient (Wildman–Crippen LogP) is 1.78. The summed E-state index contributed by atoms with van der Waals surface area (Å²) in [5, 5.41) is 13.4. The van der Waals surface area contributed by atoms with Crippen LogP contribution in [-0.2, 0) is 4.79 Å². The zero-order valence-electron chi connectivity index (χ0n) is 11.7. The molecule has 2 aromatic heterocycles. The number of pyridine rings is 1. The Bertz CT molecular complexity index is 692. The molecule has 2 heterocycles. The second-order valence-electron chi connectivity index (χ2n) is 5.31.